The average Bonchev–Trinajstić information content (AvgIpc) is 2.71. The van der Waals surface area contributed by atoms with Crippen LogP contribution in [0.4, 0.5) is 0 Å². The fourth-order valence-electron chi connectivity index (χ4n) is 2.01. The number of carbonyl (C=O) groups excluding carboxylic acids is 3. The highest BCUT2D eigenvalue weighted by Crippen LogP contribution is 2.29. The maximum atomic E-state index is 12.0. The van der Waals surface area contributed by atoms with Crippen molar-refractivity contribution in [3.05, 3.63) is 34.9 Å². The molecular weight excluding hydrogens is 314 g/mol. The van der Waals surface area contributed by atoms with Crippen molar-refractivity contribution in [3.8, 4) is 0 Å². The number of ketones is 1. The number of fused-ring (bicyclic) bond motifs is 1. The Morgan fingerprint density at radius 2 is 2.21 bits per heavy atom. The lowest BCUT2D eigenvalue weighted by Crippen LogP contribution is -2.30. The summed E-state index contributed by atoms with van der Waals surface area (Å²) in [5.74, 6) is -0.912. The molecule has 0 heterocycles. The number of carbonyl (C=O) groups is 3. The van der Waals surface area contributed by atoms with Crippen molar-refractivity contribution in [2.75, 3.05) is 13.7 Å². The first-order valence-electron chi connectivity index (χ1n) is 5.69. The average molecular weight is 326 g/mol. The Labute approximate surface area is 118 Å². The second-order valence-corrected chi connectivity index (χ2v) is 5.23. The number of rotatable bonds is 3. The van der Waals surface area contributed by atoms with Gasteiger partial charge in [0.1, 0.15) is 6.54 Å². The summed E-state index contributed by atoms with van der Waals surface area (Å²) in [6, 6.07) is 5.01. The van der Waals surface area contributed by atoms with Gasteiger partial charge in [0, 0.05) is 11.1 Å². The molecule has 0 aromatic heterocycles. The van der Waals surface area contributed by atoms with E-state index in [1.807, 2.05) is 0 Å². The lowest BCUT2D eigenvalue weighted by molar-refractivity contribution is -0.139. The summed E-state index contributed by atoms with van der Waals surface area (Å²) in [7, 11) is 1.25. The molecule has 0 fully saturated rings. The molecular formula is C13H12BrNO4. The molecule has 1 N–H and O–H groups in total. The Morgan fingerprint density at radius 3 is 2.89 bits per heavy atom. The van der Waals surface area contributed by atoms with Crippen LogP contribution in [0.2, 0.25) is 0 Å². The minimum Gasteiger partial charge on any atom is -0.468 e. The van der Waals surface area contributed by atoms with Gasteiger partial charge in [-0.25, -0.2) is 0 Å². The van der Waals surface area contributed by atoms with Crippen LogP contribution in [0.3, 0.4) is 0 Å². The zero-order valence-electron chi connectivity index (χ0n) is 10.2. The lowest BCUT2D eigenvalue weighted by Gasteiger charge is -2.07. The first-order valence-corrected chi connectivity index (χ1v) is 6.61. The molecule has 0 aliphatic heterocycles. The predicted molar refractivity (Wildman–Crippen MR) is 71.5 cm³/mol. The number of esters is 1. The van der Waals surface area contributed by atoms with Crippen molar-refractivity contribution in [1.29, 1.82) is 0 Å². The van der Waals surface area contributed by atoms with Gasteiger partial charge in [-0.1, -0.05) is 28.1 Å². The Morgan fingerprint density at radius 1 is 1.47 bits per heavy atom. The molecule has 6 heteroatoms. The highest BCUT2D eigenvalue weighted by molar-refractivity contribution is 9.10. The van der Waals surface area contributed by atoms with E-state index in [9.17, 15) is 14.4 Å². The Bertz CT molecular complexity index is 556. The number of benzene rings is 1. The minimum atomic E-state index is -0.518. The molecule has 0 saturated heterocycles. The van der Waals surface area contributed by atoms with Gasteiger partial charge < -0.3 is 10.1 Å². The normalized spacial score (nSPS) is 16.9. The first-order chi connectivity index (χ1) is 9.04. The number of nitrogens with one attached hydrogen (secondary N) is 1. The molecule has 1 aliphatic rings. The zero-order valence-corrected chi connectivity index (χ0v) is 11.8. The predicted octanol–water partition coefficient (Wildman–Crippen LogP) is 1.09. The Hall–Kier alpha value is -1.69. The first kappa shape index (κ1) is 13.7. The van der Waals surface area contributed by atoms with Crippen molar-refractivity contribution in [2.45, 2.75) is 11.2 Å². The van der Waals surface area contributed by atoms with Gasteiger partial charge >= 0.3 is 5.97 Å². The summed E-state index contributed by atoms with van der Waals surface area (Å²) in [5.41, 5.74) is 1.71. The molecule has 2 rings (SSSR count). The molecule has 1 aromatic carbocycles. The molecule has 5 nitrogen and oxygen atoms in total. The van der Waals surface area contributed by atoms with Gasteiger partial charge in [0.2, 0.25) is 0 Å². The van der Waals surface area contributed by atoms with E-state index < -0.39 is 5.97 Å². The van der Waals surface area contributed by atoms with Gasteiger partial charge in [0.15, 0.2) is 5.78 Å². The fraction of sp³-hybridized carbons (Fsp3) is 0.308. The van der Waals surface area contributed by atoms with Crippen LogP contribution < -0.4 is 5.32 Å². The van der Waals surface area contributed by atoms with Gasteiger partial charge in [-0.2, -0.15) is 0 Å². The maximum absolute atomic E-state index is 12.0. The summed E-state index contributed by atoms with van der Waals surface area (Å²) in [6.07, 6.45) is 0.482. The number of alkyl halides is 1. The number of halogens is 1. The van der Waals surface area contributed by atoms with Crippen LogP contribution in [0.15, 0.2) is 18.2 Å². The van der Waals surface area contributed by atoms with Crippen LogP contribution in [0.1, 0.15) is 26.3 Å². The lowest BCUT2D eigenvalue weighted by atomic mass is 10.0. The van der Waals surface area contributed by atoms with Crippen molar-refractivity contribution in [1.82, 2.24) is 5.32 Å². The van der Waals surface area contributed by atoms with E-state index in [0.717, 1.165) is 5.56 Å². The van der Waals surface area contributed by atoms with E-state index in [1.165, 1.54) is 7.11 Å². The number of ether oxygens (including phenoxy) is 1. The van der Waals surface area contributed by atoms with Crippen LogP contribution in [-0.2, 0) is 16.0 Å². The number of hydrogen-bond acceptors (Lipinski definition) is 4. The number of methoxy groups -OCH3 is 1. The molecule has 0 saturated carbocycles. The van der Waals surface area contributed by atoms with Crippen LogP contribution in [0.5, 0.6) is 0 Å². The van der Waals surface area contributed by atoms with E-state index >= 15 is 0 Å². The van der Waals surface area contributed by atoms with E-state index in [-0.39, 0.29) is 23.1 Å². The van der Waals surface area contributed by atoms with Gasteiger partial charge in [-0.3, -0.25) is 14.4 Å². The quantitative estimate of drug-likeness (QED) is 0.667. The number of hydrogen-bond donors (Lipinski definition) is 1. The van der Waals surface area contributed by atoms with E-state index in [0.29, 0.717) is 17.5 Å². The summed E-state index contributed by atoms with van der Waals surface area (Å²) in [6.45, 7) is -0.190. The summed E-state index contributed by atoms with van der Waals surface area (Å²) in [5, 5.41) is 2.47. The third-order valence-corrected chi connectivity index (χ3v) is 3.71. The van der Waals surface area contributed by atoms with Gasteiger partial charge in [0.05, 0.1) is 11.9 Å². The second kappa shape index (κ2) is 5.52. The standard InChI is InChI=1S/C13H12BrNO4/c1-19-11(16)6-15-13(18)8-4-2-3-7-9(8)5-10(14)12(7)17/h2-4,10H,5-6H2,1H3,(H,15,18). The van der Waals surface area contributed by atoms with E-state index in [2.05, 4.69) is 26.0 Å². The van der Waals surface area contributed by atoms with E-state index in [4.69, 9.17) is 0 Å². The van der Waals surface area contributed by atoms with Crippen LogP contribution in [0, 0.1) is 0 Å². The van der Waals surface area contributed by atoms with Crippen molar-refractivity contribution >= 4 is 33.6 Å². The Balaban J connectivity index is 2.21. The number of amides is 1. The third-order valence-electron chi connectivity index (χ3n) is 2.97. The number of Topliss-reactive ketones (excluding diaryl/α,β-unsaturated/α-hetero) is 1. The van der Waals surface area contributed by atoms with E-state index in [1.54, 1.807) is 18.2 Å². The molecule has 1 aromatic rings. The molecule has 1 unspecified atom stereocenters. The monoisotopic (exact) mass is 325 g/mol. The topological polar surface area (TPSA) is 72.5 Å². The van der Waals surface area contributed by atoms with Crippen molar-refractivity contribution in [2.24, 2.45) is 0 Å². The minimum absolute atomic E-state index is 0.0161. The summed E-state index contributed by atoms with van der Waals surface area (Å²) in [4.78, 5) is 34.5. The zero-order chi connectivity index (χ0) is 14.0. The molecule has 0 spiro atoms. The largest absolute Gasteiger partial charge is 0.468 e. The smallest absolute Gasteiger partial charge is 0.325 e. The maximum Gasteiger partial charge on any atom is 0.325 e. The van der Waals surface area contributed by atoms with Crippen LogP contribution in [-0.4, -0.2) is 36.1 Å². The molecule has 0 bridgehead atoms. The molecule has 1 aliphatic carbocycles. The molecule has 19 heavy (non-hydrogen) atoms. The highest BCUT2D eigenvalue weighted by Gasteiger charge is 2.31. The summed E-state index contributed by atoms with van der Waals surface area (Å²) >= 11 is 3.29. The molecule has 1 atom stereocenters. The highest BCUT2D eigenvalue weighted by atomic mass is 79.9. The fourth-order valence-corrected chi connectivity index (χ4v) is 2.58. The van der Waals surface area contributed by atoms with Gasteiger partial charge in [-0.15, -0.1) is 0 Å². The third kappa shape index (κ3) is 2.68. The SMILES string of the molecule is COC(=O)CNC(=O)c1cccc2c1CC(Br)C2=O. The molecule has 100 valence electrons. The van der Waals surface area contributed by atoms with Crippen LogP contribution >= 0.6 is 15.9 Å². The summed E-state index contributed by atoms with van der Waals surface area (Å²) < 4.78 is 4.45. The van der Waals surface area contributed by atoms with Gasteiger partial charge in [-0.05, 0) is 18.1 Å². The van der Waals surface area contributed by atoms with Gasteiger partial charge in [0.25, 0.3) is 5.91 Å². The van der Waals surface area contributed by atoms with Crippen LogP contribution in [0.25, 0.3) is 0 Å². The Kier molecular flexibility index (Phi) is 3.99. The molecule has 1 amide bonds. The van der Waals surface area contributed by atoms with Crippen molar-refractivity contribution in [3.63, 3.8) is 0 Å². The second-order valence-electron chi connectivity index (χ2n) is 4.13. The molecule has 0 radical (unpaired) electrons. The van der Waals surface area contributed by atoms with Crippen molar-refractivity contribution < 1.29 is 19.1 Å².